The second-order valence-electron chi connectivity index (χ2n) is 7.88. The lowest BCUT2D eigenvalue weighted by molar-refractivity contribution is -0.386. The topological polar surface area (TPSA) is 96.5 Å². The molecular weight excluding hydrogens is 442 g/mol. The molecule has 0 bridgehead atoms. The van der Waals surface area contributed by atoms with Gasteiger partial charge in [-0.1, -0.05) is 54.6 Å². The van der Waals surface area contributed by atoms with Gasteiger partial charge < -0.3 is 9.64 Å². The zero-order chi connectivity index (χ0) is 25.4. The minimum absolute atomic E-state index is 0.0787. The first kappa shape index (κ1) is 25.2. The maximum atomic E-state index is 12.5. The summed E-state index contributed by atoms with van der Waals surface area (Å²) in [6.07, 6.45) is 1.37. The van der Waals surface area contributed by atoms with E-state index in [1.807, 2.05) is 75.4 Å². The number of nitro benzene ring substituents is 1. The van der Waals surface area contributed by atoms with E-state index in [0.717, 1.165) is 22.3 Å². The van der Waals surface area contributed by atoms with Crippen molar-refractivity contribution in [1.29, 1.82) is 5.26 Å². The van der Waals surface area contributed by atoms with E-state index in [1.165, 1.54) is 23.1 Å². The van der Waals surface area contributed by atoms with E-state index in [2.05, 4.69) is 0 Å². The Bertz CT molecular complexity index is 1290. The maximum Gasteiger partial charge on any atom is 0.311 e. The van der Waals surface area contributed by atoms with Crippen molar-refractivity contribution in [2.45, 2.75) is 27.4 Å². The van der Waals surface area contributed by atoms with Crippen LogP contribution in [0.2, 0.25) is 0 Å². The number of nitrogens with zero attached hydrogens (tertiary/aromatic N) is 3. The third-order valence-corrected chi connectivity index (χ3v) is 5.81. The average Bonchev–Trinajstić information content (AvgIpc) is 2.88. The molecule has 0 aromatic heterocycles. The summed E-state index contributed by atoms with van der Waals surface area (Å²) in [5, 5.41) is 21.2. The Morgan fingerprint density at radius 3 is 2.43 bits per heavy atom. The summed E-state index contributed by atoms with van der Waals surface area (Å²) in [5.41, 5.74) is 4.18. The van der Waals surface area contributed by atoms with Gasteiger partial charge in [-0.2, -0.15) is 5.26 Å². The third-order valence-electron chi connectivity index (χ3n) is 5.81. The number of benzene rings is 3. The van der Waals surface area contributed by atoms with Gasteiger partial charge >= 0.3 is 5.69 Å². The van der Waals surface area contributed by atoms with E-state index >= 15 is 0 Å². The molecule has 3 aromatic rings. The lowest BCUT2D eigenvalue weighted by Gasteiger charge is -2.17. The normalized spacial score (nSPS) is 11.0. The van der Waals surface area contributed by atoms with Crippen LogP contribution >= 0.6 is 0 Å². The Hall–Kier alpha value is -4.44. The van der Waals surface area contributed by atoms with Crippen LogP contribution in [0.4, 0.5) is 5.69 Å². The summed E-state index contributed by atoms with van der Waals surface area (Å²) in [6, 6.07) is 22.2. The molecule has 0 unspecified atom stereocenters. The SMILES string of the molecule is CCN(CC)C(=O)C(C#N)=Cc1ccc(OCc2cccc(-c3ccccc3)c2C)c([N+](=O)[O-])c1. The highest BCUT2D eigenvalue weighted by atomic mass is 16.6. The zero-order valence-corrected chi connectivity index (χ0v) is 20.0. The van der Waals surface area contributed by atoms with Crippen molar-refractivity contribution in [2.75, 3.05) is 13.1 Å². The summed E-state index contributed by atoms with van der Waals surface area (Å²) >= 11 is 0. The predicted octanol–water partition coefficient (Wildman–Crippen LogP) is 5.92. The van der Waals surface area contributed by atoms with Crippen molar-refractivity contribution in [2.24, 2.45) is 0 Å². The fourth-order valence-corrected chi connectivity index (χ4v) is 3.80. The van der Waals surface area contributed by atoms with Crippen molar-refractivity contribution in [1.82, 2.24) is 4.90 Å². The highest BCUT2D eigenvalue weighted by Crippen LogP contribution is 2.31. The van der Waals surface area contributed by atoms with Crippen molar-refractivity contribution in [3.05, 3.63) is 99.1 Å². The van der Waals surface area contributed by atoms with E-state index in [1.54, 1.807) is 6.07 Å². The Kier molecular flexibility index (Phi) is 8.36. The van der Waals surface area contributed by atoms with Crippen LogP contribution in [0.15, 0.2) is 72.3 Å². The molecule has 0 radical (unpaired) electrons. The number of hydrogen-bond acceptors (Lipinski definition) is 5. The number of carbonyl (C=O) groups excluding carboxylic acids is 1. The quantitative estimate of drug-likeness (QED) is 0.168. The maximum absolute atomic E-state index is 12.5. The molecule has 0 aliphatic carbocycles. The van der Waals surface area contributed by atoms with Crippen LogP contribution in [0.3, 0.4) is 0 Å². The first-order chi connectivity index (χ1) is 16.9. The summed E-state index contributed by atoms with van der Waals surface area (Å²) < 4.78 is 5.86. The molecule has 7 nitrogen and oxygen atoms in total. The fraction of sp³-hybridized carbons (Fsp3) is 0.214. The van der Waals surface area contributed by atoms with Crippen LogP contribution in [-0.4, -0.2) is 28.8 Å². The van der Waals surface area contributed by atoms with Gasteiger partial charge in [0, 0.05) is 19.2 Å². The molecular formula is C28H27N3O4. The second-order valence-corrected chi connectivity index (χ2v) is 7.88. The Morgan fingerprint density at radius 1 is 1.09 bits per heavy atom. The van der Waals surface area contributed by atoms with Crippen molar-refractivity contribution >= 4 is 17.7 Å². The second kappa shape index (κ2) is 11.6. The lowest BCUT2D eigenvalue weighted by Crippen LogP contribution is -2.31. The molecule has 3 aromatic carbocycles. The first-order valence-electron chi connectivity index (χ1n) is 11.4. The van der Waals surface area contributed by atoms with Crippen LogP contribution < -0.4 is 4.74 Å². The van der Waals surface area contributed by atoms with Gasteiger partial charge in [0.2, 0.25) is 0 Å². The van der Waals surface area contributed by atoms with Gasteiger partial charge in [-0.3, -0.25) is 14.9 Å². The minimum atomic E-state index is -0.530. The van der Waals surface area contributed by atoms with Gasteiger partial charge in [0.25, 0.3) is 5.91 Å². The molecule has 0 saturated heterocycles. The summed E-state index contributed by atoms with van der Waals surface area (Å²) in [4.78, 5) is 25.3. The van der Waals surface area contributed by atoms with E-state index in [-0.39, 0.29) is 23.6 Å². The van der Waals surface area contributed by atoms with Gasteiger partial charge in [-0.25, -0.2) is 0 Å². The average molecular weight is 470 g/mol. The van der Waals surface area contributed by atoms with Crippen LogP contribution in [0.25, 0.3) is 17.2 Å². The number of hydrogen-bond donors (Lipinski definition) is 0. The molecule has 0 aliphatic heterocycles. The van der Waals surface area contributed by atoms with Crippen LogP contribution in [0.5, 0.6) is 5.75 Å². The van der Waals surface area contributed by atoms with E-state index in [4.69, 9.17) is 4.74 Å². The smallest absolute Gasteiger partial charge is 0.311 e. The number of amides is 1. The molecule has 3 rings (SSSR count). The number of nitriles is 1. The standard InChI is InChI=1S/C28H27N3O4/c1-4-30(5-2)28(32)24(18-29)16-21-14-15-27(26(17-21)31(33)34)35-19-23-12-9-13-25(20(23)3)22-10-7-6-8-11-22/h6-17H,4-5,19H2,1-3H3. The highest BCUT2D eigenvalue weighted by Gasteiger charge is 2.19. The zero-order valence-electron chi connectivity index (χ0n) is 20.0. The van der Waals surface area contributed by atoms with Gasteiger partial charge in [0.1, 0.15) is 18.2 Å². The molecule has 1 amide bonds. The molecule has 0 N–H and O–H groups in total. The summed E-state index contributed by atoms with van der Waals surface area (Å²) in [7, 11) is 0. The fourth-order valence-electron chi connectivity index (χ4n) is 3.80. The summed E-state index contributed by atoms with van der Waals surface area (Å²) in [6.45, 7) is 6.74. The number of ether oxygens (including phenoxy) is 1. The Morgan fingerprint density at radius 2 is 1.80 bits per heavy atom. The molecule has 35 heavy (non-hydrogen) atoms. The molecule has 178 valence electrons. The van der Waals surface area contributed by atoms with Crippen LogP contribution in [-0.2, 0) is 11.4 Å². The number of carbonyl (C=O) groups is 1. The third kappa shape index (κ3) is 5.92. The van der Waals surface area contributed by atoms with Crippen LogP contribution in [0, 0.1) is 28.4 Å². The van der Waals surface area contributed by atoms with Gasteiger partial charge in [-0.05, 0) is 60.7 Å². The van der Waals surface area contributed by atoms with Crippen molar-refractivity contribution in [3.63, 3.8) is 0 Å². The molecule has 0 aliphatic rings. The van der Waals surface area contributed by atoms with Gasteiger partial charge in [0.05, 0.1) is 4.92 Å². The molecule has 0 saturated carbocycles. The molecule has 0 fully saturated rings. The van der Waals surface area contributed by atoms with Gasteiger partial charge in [0.15, 0.2) is 5.75 Å². The number of rotatable bonds is 9. The Balaban J connectivity index is 1.87. The molecule has 7 heteroatoms. The van der Waals surface area contributed by atoms with Crippen molar-refractivity contribution in [3.8, 4) is 22.9 Å². The molecule has 0 atom stereocenters. The lowest BCUT2D eigenvalue weighted by atomic mass is 9.97. The highest BCUT2D eigenvalue weighted by molar-refractivity contribution is 6.01. The van der Waals surface area contributed by atoms with E-state index in [0.29, 0.717) is 18.7 Å². The van der Waals surface area contributed by atoms with E-state index in [9.17, 15) is 20.2 Å². The molecule has 0 heterocycles. The summed E-state index contributed by atoms with van der Waals surface area (Å²) in [5.74, 6) is -0.292. The predicted molar refractivity (Wildman–Crippen MR) is 136 cm³/mol. The monoisotopic (exact) mass is 469 g/mol. The number of nitro groups is 1. The van der Waals surface area contributed by atoms with E-state index < -0.39 is 10.8 Å². The number of likely N-dealkylation sites (N-methyl/N-ethyl adjacent to an activating group) is 1. The minimum Gasteiger partial charge on any atom is -0.482 e. The van der Waals surface area contributed by atoms with Crippen LogP contribution in [0.1, 0.15) is 30.5 Å². The Labute approximate surface area is 205 Å². The van der Waals surface area contributed by atoms with Gasteiger partial charge in [-0.15, -0.1) is 0 Å². The van der Waals surface area contributed by atoms with Crippen molar-refractivity contribution < 1.29 is 14.5 Å². The first-order valence-corrected chi connectivity index (χ1v) is 11.4. The molecule has 0 spiro atoms. The largest absolute Gasteiger partial charge is 0.482 e.